The van der Waals surface area contributed by atoms with Crippen molar-refractivity contribution >= 4 is 44.1 Å². The molecular formula is C15H22BrClN2O3S. The average molecular weight is 426 g/mol. The third kappa shape index (κ3) is 4.26. The Morgan fingerprint density at radius 1 is 1.17 bits per heavy atom. The summed E-state index contributed by atoms with van der Waals surface area (Å²) in [5.74, 6) is -0.334. The number of sulfone groups is 1. The summed E-state index contributed by atoms with van der Waals surface area (Å²) in [6.07, 6.45) is 0.833. The molecule has 0 aliphatic carbocycles. The minimum Gasteiger partial charge on any atom is -0.340 e. The van der Waals surface area contributed by atoms with E-state index < -0.39 is 14.6 Å². The molecule has 8 heteroatoms. The molecule has 1 heterocycles. The molecular weight excluding hydrogens is 404 g/mol. The molecule has 1 aromatic rings. The second-order valence-corrected chi connectivity index (χ2v) is 9.28. The lowest BCUT2D eigenvalue weighted by atomic mass is 10.1. The highest BCUT2D eigenvalue weighted by Gasteiger charge is 2.45. The molecule has 2 rings (SSSR count). The highest BCUT2D eigenvalue weighted by Crippen LogP contribution is 2.28. The third-order valence-corrected chi connectivity index (χ3v) is 6.88. The normalized spacial score (nSPS) is 16.4. The van der Waals surface area contributed by atoms with Crippen LogP contribution >= 0.6 is 28.3 Å². The number of hydrogen-bond donors (Lipinski definition) is 1. The topological polar surface area (TPSA) is 66.5 Å². The predicted octanol–water partition coefficient (Wildman–Crippen LogP) is 2.25. The first-order chi connectivity index (χ1) is 10.3. The molecule has 0 radical (unpaired) electrons. The van der Waals surface area contributed by atoms with Crippen LogP contribution in [0, 0.1) is 0 Å². The number of benzene rings is 1. The summed E-state index contributed by atoms with van der Waals surface area (Å²) in [6, 6.07) is 6.39. The standard InChI is InChI=1S/C15H21BrN2O3S.ClH/c1-15(2,14(19)18-10-3-8-17-9-11-18)22(20,21)13-6-4-12(16)5-7-13;/h4-7,17H,3,8-11H2,1-2H3;1H. The Morgan fingerprint density at radius 3 is 2.39 bits per heavy atom. The molecule has 1 N–H and O–H groups in total. The molecule has 1 aliphatic rings. The zero-order valence-electron chi connectivity index (χ0n) is 13.2. The van der Waals surface area contributed by atoms with Crippen molar-refractivity contribution in [3.05, 3.63) is 28.7 Å². The second-order valence-electron chi connectivity index (χ2n) is 5.86. The van der Waals surface area contributed by atoms with Gasteiger partial charge >= 0.3 is 0 Å². The molecule has 23 heavy (non-hydrogen) atoms. The number of nitrogens with one attached hydrogen (secondary N) is 1. The van der Waals surface area contributed by atoms with Gasteiger partial charge in [0.05, 0.1) is 4.90 Å². The van der Waals surface area contributed by atoms with Gasteiger partial charge in [-0.25, -0.2) is 8.42 Å². The fourth-order valence-electron chi connectivity index (χ4n) is 2.45. The lowest BCUT2D eigenvalue weighted by Gasteiger charge is -2.30. The molecule has 0 aromatic heterocycles. The second kappa shape index (κ2) is 7.96. The first-order valence-corrected chi connectivity index (χ1v) is 9.55. The van der Waals surface area contributed by atoms with E-state index in [1.54, 1.807) is 17.0 Å². The van der Waals surface area contributed by atoms with Gasteiger partial charge in [-0.15, -0.1) is 12.4 Å². The van der Waals surface area contributed by atoms with Gasteiger partial charge in [-0.05, 0) is 51.1 Å². The zero-order chi connectivity index (χ0) is 16.4. The first-order valence-electron chi connectivity index (χ1n) is 7.27. The summed E-state index contributed by atoms with van der Waals surface area (Å²) in [5, 5.41) is 3.21. The molecule has 1 amide bonds. The maximum atomic E-state index is 12.9. The van der Waals surface area contributed by atoms with E-state index in [1.807, 2.05) is 0 Å². The summed E-state index contributed by atoms with van der Waals surface area (Å²) in [7, 11) is -3.75. The van der Waals surface area contributed by atoms with Crippen LogP contribution in [0.5, 0.6) is 0 Å². The Bertz CT molecular complexity index is 639. The van der Waals surface area contributed by atoms with Crippen LogP contribution in [0.25, 0.3) is 0 Å². The third-order valence-electron chi connectivity index (χ3n) is 3.94. The van der Waals surface area contributed by atoms with Crippen molar-refractivity contribution < 1.29 is 13.2 Å². The maximum Gasteiger partial charge on any atom is 0.243 e. The quantitative estimate of drug-likeness (QED) is 0.806. The summed E-state index contributed by atoms with van der Waals surface area (Å²) >= 11 is 3.29. The van der Waals surface area contributed by atoms with Gasteiger partial charge in [-0.3, -0.25) is 4.79 Å². The van der Waals surface area contributed by atoms with Crippen LogP contribution in [-0.4, -0.2) is 50.2 Å². The van der Waals surface area contributed by atoms with E-state index >= 15 is 0 Å². The van der Waals surface area contributed by atoms with E-state index in [0.29, 0.717) is 19.6 Å². The lowest BCUT2D eigenvalue weighted by molar-refractivity contribution is -0.132. The van der Waals surface area contributed by atoms with Crippen LogP contribution in [0.2, 0.25) is 0 Å². The van der Waals surface area contributed by atoms with Crippen molar-refractivity contribution in [1.29, 1.82) is 0 Å². The Kier molecular flexibility index (Phi) is 7.07. The van der Waals surface area contributed by atoms with Crippen molar-refractivity contribution in [2.75, 3.05) is 26.2 Å². The van der Waals surface area contributed by atoms with Crippen LogP contribution in [0.4, 0.5) is 0 Å². The molecule has 0 unspecified atom stereocenters. The van der Waals surface area contributed by atoms with Crippen molar-refractivity contribution in [3.8, 4) is 0 Å². The Hall–Kier alpha value is -0.630. The Balaban J connectivity index is 0.00000264. The summed E-state index contributed by atoms with van der Waals surface area (Å²) in [6.45, 7) is 5.66. The lowest BCUT2D eigenvalue weighted by Crippen LogP contribution is -2.50. The number of rotatable bonds is 3. The SMILES string of the molecule is CC(C)(C(=O)N1CCCNCC1)S(=O)(=O)c1ccc(Br)cc1.Cl. The summed E-state index contributed by atoms with van der Waals surface area (Å²) in [4.78, 5) is 14.6. The van der Waals surface area contributed by atoms with Gasteiger partial charge < -0.3 is 10.2 Å². The van der Waals surface area contributed by atoms with Crippen LogP contribution < -0.4 is 5.32 Å². The minimum absolute atomic E-state index is 0. The van der Waals surface area contributed by atoms with Gasteiger partial charge in [0.25, 0.3) is 0 Å². The van der Waals surface area contributed by atoms with Crippen molar-refractivity contribution in [1.82, 2.24) is 10.2 Å². The van der Waals surface area contributed by atoms with Gasteiger partial charge in [0.2, 0.25) is 5.91 Å². The van der Waals surface area contributed by atoms with Gasteiger partial charge in [-0.2, -0.15) is 0 Å². The van der Waals surface area contributed by atoms with Crippen molar-refractivity contribution in [3.63, 3.8) is 0 Å². The molecule has 0 bridgehead atoms. The number of halogens is 2. The number of carbonyl (C=O) groups excluding carboxylic acids is 1. The fraction of sp³-hybridized carbons (Fsp3) is 0.533. The highest BCUT2D eigenvalue weighted by atomic mass is 79.9. The van der Waals surface area contributed by atoms with E-state index in [4.69, 9.17) is 0 Å². The molecule has 5 nitrogen and oxygen atoms in total. The maximum absolute atomic E-state index is 12.9. The number of nitrogens with zero attached hydrogens (tertiary/aromatic N) is 1. The molecule has 130 valence electrons. The smallest absolute Gasteiger partial charge is 0.243 e. The molecule has 0 atom stereocenters. The number of amides is 1. The van der Waals surface area contributed by atoms with E-state index in [1.165, 1.54) is 26.0 Å². The monoisotopic (exact) mass is 424 g/mol. The van der Waals surface area contributed by atoms with Crippen LogP contribution in [0.3, 0.4) is 0 Å². The molecule has 1 aromatic carbocycles. The van der Waals surface area contributed by atoms with Crippen LogP contribution in [-0.2, 0) is 14.6 Å². The fourth-order valence-corrected chi connectivity index (χ4v) is 4.16. The number of carbonyl (C=O) groups is 1. The largest absolute Gasteiger partial charge is 0.340 e. The van der Waals surface area contributed by atoms with Crippen molar-refractivity contribution in [2.45, 2.75) is 29.9 Å². The summed E-state index contributed by atoms with van der Waals surface area (Å²) < 4.78 is 25.0. The Morgan fingerprint density at radius 2 is 1.78 bits per heavy atom. The average Bonchev–Trinajstić information content (AvgIpc) is 2.75. The van der Waals surface area contributed by atoms with Gasteiger partial charge in [0.15, 0.2) is 9.84 Å². The Labute approximate surface area is 152 Å². The molecule has 1 saturated heterocycles. The van der Waals surface area contributed by atoms with E-state index in [-0.39, 0.29) is 23.2 Å². The predicted molar refractivity (Wildman–Crippen MR) is 96.7 cm³/mol. The van der Waals surface area contributed by atoms with E-state index in [0.717, 1.165) is 17.4 Å². The van der Waals surface area contributed by atoms with Gasteiger partial charge in [-0.1, -0.05) is 15.9 Å². The highest BCUT2D eigenvalue weighted by molar-refractivity contribution is 9.10. The van der Waals surface area contributed by atoms with Gasteiger partial charge in [0, 0.05) is 24.1 Å². The first kappa shape index (κ1) is 20.4. The van der Waals surface area contributed by atoms with Crippen LogP contribution in [0.1, 0.15) is 20.3 Å². The van der Waals surface area contributed by atoms with E-state index in [2.05, 4.69) is 21.2 Å². The molecule has 0 spiro atoms. The summed E-state index contributed by atoms with van der Waals surface area (Å²) in [5.41, 5.74) is 0. The molecule has 1 aliphatic heterocycles. The zero-order valence-corrected chi connectivity index (χ0v) is 16.4. The number of hydrogen-bond acceptors (Lipinski definition) is 4. The van der Waals surface area contributed by atoms with Crippen LogP contribution in [0.15, 0.2) is 33.6 Å². The molecule has 1 fully saturated rings. The molecule has 0 saturated carbocycles. The minimum atomic E-state index is -3.75. The van der Waals surface area contributed by atoms with Gasteiger partial charge in [0.1, 0.15) is 4.75 Å². The van der Waals surface area contributed by atoms with E-state index in [9.17, 15) is 13.2 Å². The van der Waals surface area contributed by atoms with Crippen molar-refractivity contribution in [2.24, 2.45) is 0 Å².